The van der Waals surface area contributed by atoms with Crippen molar-refractivity contribution in [3.8, 4) is 0 Å². The average Bonchev–Trinajstić information content (AvgIpc) is 2.82. The molecule has 2 aliphatic heterocycles. The molecule has 1 aromatic carbocycles. The monoisotopic (exact) mass is 307 g/mol. The van der Waals surface area contributed by atoms with Gasteiger partial charge in [0.1, 0.15) is 0 Å². The van der Waals surface area contributed by atoms with Gasteiger partial charge in [0.15, 0.2) is 0 Å². The number of carbonyl (C=O) groups excluding carboxylic acids is 1. The number of nitrogens with zero attached hydrogens (tertiary/aromatic N) is 2. The summed E-state index contributed by atoms with van der Waals surface area (Å²) < 4.78 is 0. The van der Waals surface area contributed by atoms with Crippen LogP contribution in [0.5, 0.6) is 0 Å². The van der Waals surface area contributed by atoms with Gasteiger partial charge in [0.2, 0.25) is 5.91 Å². The van der Waals surface area contributed by atoms with Crippen LogP contribution in [-0.4, -0.2) is 28.9 Å². The summed E-state index contributed by atoms with van der Waals surface area (Å²) in [6.45, 7) is 4.74. The molecule has 23 heavy (non-hydrogen) atoms. The van der Waals surface area contributed by atoms with Crippen LogP contribution >= 0.6 is 0 Å². The Kier molecular flexibility index (Phi) is 3.42. The first-order chi connectivity index (χ1) is 11.2. The van der Waals surface area contributed by atoms with Crippen LogP contribution in [-0.2, 0) is 16.8 Å². The van der Waals surface area contributed by atoms with E-state index in [1.54, 1.807) is 0 Å². The number of benzene rings is 1. The fourth-order valence-electron chi connectivity index (χ4n) is 3.88. The van der Waals surface area contributed by atoms with Crippen molar-refractivity contribution in [2.45, 2.75) is 31.7 Å². The summed E-state index contributed by atoms with van der Waals surface area (Å²) >= 11 is 0. The molecule has 3 heterocycles. The number of anilines is 1. The van der Waals surface area contributed by atoms with Gasteiger partial charge in [-0.25, -0.2) is 0 Å². The zero-order valence-electron chi connectivity index (χ0n) is 13.4. The first kappa shape index (κ1) is 14.4. The average molecular weight is 307 g/mol. The van der Waals surface area contributed by atoms with E-state index >= 15 is 0 Å². The van der Waals surface area contributed by atoms with Gasteiger partial charge in [0.05, 0.1) is 11.1 Å². The maximum Gasteiger partial charge on any atom is 0.235 e. The number of nitrogens with one attached hydrogen (secondary N) is 1. The fourth-order valence-corrected chi connectivity index (χ4v) is 3.88. The number of carbonyl (C=O) groups is 1. The molecule has 1 aromatic heterocycles. The summed E-state index contributed by atoms with van der Waals surface area (Å²) in [5.41, 5.74) is 4.01. The molecule has 1 N–H and O–H groups in total. The topological polar surface area (TPSA) is 45.2 Å². The molecule has 0 aliphatic carbocycles. The minimum Gasteiger partial charge on any atom is -0.325 e. The van der Waals surface area contributed by atoms with Crippen molar-refractivity contribution >= 4 is 11.6 Å². The Morgan fingerprint density at radius 1 is 1.13 bits per heavy atom. The van der Waals surface area contributed by atoms with E-state index in [4.69, 9.17) is 0 Å². The summed E-state index contributed by atoms with van der Waals surface area (Å²) in [5, 5.41) is 3.06. The van der Waals surface area contributed by atoms with Crippen molar-refractivity contribution in [2.75, 3.05) is 18.4 Å². The van der Waals surface area contributed by atoms with Gasteiger partial charge >= 0.3 is 0 Å². The lowest BCUT2D eigenvalue weighted by molar-refractivity contribution is -0.122. The van der Waals surface area contributed by atoms with E-state index < -0.39 is 0 Å². The first-order valence-electron chi connectivity index (χ1n) is 8.23. The predicted octanol–water partition coefficient (Wildman–Crippen LogP) is 2.88. The zero-order chi connectivity index (χ0) is 15.9. The van der Waals surface area contributed by atoms with Gasteiger partial charge in [-0.05, 0) is 56.6 Å². The predicted molar refractivity (Wildman–Crippen MR) is 90.2 cm³/mol. The highest BCUT2D eigenvalue weighted by Gasteiger charge is 2.48. The van der Waals surface area contributed by atoms with Gasteiger partial charge in [-0.1, -0.05) is 24.3 Å². The molecule has 2 aliphatic rings. The van der Waals surface area contributed by atoms with Crippen LogP contribution in [0.15, 0.2) is 42.5 Å². The highest BCUT2D eigenvalue weighted by molar-refractivity contribution is 6.06. The van der Waals surface area contributed by atoms with Crippen molar-refractivity contribution in [2.24, 2.45) is 0 Å². The lowest BCUT2D eigenvalue weighted by Gasteiger charge is -2.37. The lowest BCUT2D eigenvalue weighted by Crippen LogP contribution is -2.46. The molecular weight excluding hydrogens is 286 g/mol. The molecule has 0 saturated carbocycles. The number of fused-ring (bicyclic) bond motifs is 2. The molecule has 0 bridgehead atoms. The van der Waals surface area contributed by atoms with Crippen LogP contribution in [0.25, 0.3) is 0 Å². The van der Waals surface area contributed by atoms with Gasteiger partial charge in [0.25, 0.3) is 0 Å². The number of rotatable bonds is 2. The number of pyridine rings is 1. The first-order valence-corrected chi connectivity index (χ1v) is 8.23. The molecule has 4 heteroatoms. The molecule has 2 aromatic rings. The SMILES string of the molecule is Cc1cccc(CN2CCC3(CC2)C(=O)Nc2ccccc23)n1. The van der Waals surface area contributed by atoms with Crippen LogP contribution in [0.2, 0.25) is 0 Å². The van der Waals surface area contributed by atoms with Gasteiger partial charge < -0.3 is 5.32 Å². The van der Waals surface area contributed by atoms with E-state index in [1.165, 1.54) is 5.56 Å². The second-order valence-electron chi connectivity index (χ2n) is 6.63. The number of hydrogen-bond acceptors (Lipinski definition) is 3. The normalized spacial score (nSPS) is 19.6. The smallest absolute Gasteiger partial charge is 0.235 e. The maximum absolute atomic E-state index is 12.6. The number of para-hydroxylation sites is 1. The third-order valence-electron chi connectivity index (χ3n) is 5.17. The summed E-state index contributed by atoms with van der Waals surface area (Å²) in [6, 6.07) is 14.3. The van der Waals surface area contributed by atoms with Gasteiger partial charge in [0, 0.05) is 17.9 Å². The third kappa shape index (κ3) is 2.43. The summed E-state index contributed by atoms with van der Waals surface area (Å²) in [7, 11) is 0. The second-order valence-corrected chi connectivity index (χ2v) is 6.63. The molecular formula is C19H21N3O. The Balaban J connectivity index is 1.50. The van der Waals surface area contributed by atoms with E-state index in [0.29, 0.717) is 0 Å². The van der Waals surface area contributed by atoms with Crippen molar-refractivity contribution in [1.29, 1.82) is 0 Å². The van der Waals surface area contributed by atoms with Crippen LogP contribution < -0.4 is 5.32 Å². The van der Waals surface area contributed by atoms with Gasteiger partial charge in [-0.2, -0.15) is 0 Å². The Morgan fingerprint density at radius 2 is 1.91 bits per heavy atom. The Hall–Kier alpha value is -2.20. The lowest BCUT2D eigenvalue weighted by atomic mass is 9.73. The molecule has 118 valence electrons. The number of amides is 1. The summed E-state index contributed by atoms with van der Waals surface area (Å²) in [5.74, 6) is 0.173. The molecule has 1 saturated heterocycles. The minimum atomic E-state index is -0.326. The highest BCUT2D eigenvalue weighted by atomic mass is 16.2. The standard InChI is InChI=1S/C19H21N3O/c1-14-5-4-6-15(20-14)13-22-11-9-19(10-12-22)16-7-2-3-8-17(16)21-18(19)23/h2-8H,9-13H2,1H3,(H,21,23). The van der Waals surface area contributed by atoms with Gasteiger partial charge in [-0.15, -0.1) is 0 Å². The third-order valence-corrected chi connectivity index (χ3v) is 5.17. The molecule has 0 radical (unpaired) electrons. The molecule has 4 rings (SSSR count). The minimum absolute atomic E-state index is 0.173. The molecule has 4 nitrogen and oxygen atoms in total. The Bertz CT molecular complexity index is 748. The summed E-state index contributed by atoms with van der Waals surface area (Å²) in [6.07, 6.45) is 1.75. The number of piperidine rings is 1. The fraction of sp³-hybridized carbons (Fsp3) is 0.368. The Morgan fingerprint density at radius 3 is 2.70 bits per heavy atom. The van der Waals surface area contributed by atoms with E-state index in [0.717, 1.165) is 49.6 Å². The van der Waals surface area contributed by atoms with Crippen molar-refractivity contribution in [3.05, 3.63) is 59.4 Å². The van der Waals surface area contributed by atoms with Gasteiger partial charge in [-0.3, -0.25) is 14.7 Å². The van der Waals surface area contributed by atoms with E-state index in [-0.39, 0.29) is 11.3 Å². The molecule has 0 unspecified atom stereocenters. The number of hydrogen-bond donors (Lipinski definition) is 1. The number of aromatic nitrogens is 1. The van der Waals surface area contributed by atoms with E-state index in [1.807, 2.05) is 31.2 Å². The van der Waals surface area contributed by atoms with E-state index in [9.17, 15) is 4.79 Å². The number of likely N-dealkylation sites (tertiary alicyclic amines) is 1. The molecule has 1 spiro atoms. The molecule has 1 fully saturated rings. The van der Waals surface area contributed by atoms with Crippen LogP contribution in [0.4, 0.5) is 5.69 Å². The largest absolute Gasteiger partial charge is 0.325 e. The summed E-state index contributed by atoms with van der Waals surface area (Å²) in [4.78, 5) is 19.6. The molecule has 1 amide bonds. The van der Waals surface area contributed by atoms with Crippen LogP contribution in [0.3, 0.4) is 0 Å². The van der Waals surface area contributed by atoms with Crippen LogP contribution in [0, 0.1) is 6.92 Å². The second kappa shape index (κ2) is 5.46. The van der Waals surface area contributed by atoms with Crippen molar-refractivity contribution in [3.63, 3.8) is 0 Å². The van der Waals surface area contributed by atoms with Crippen molar-refractivity contribution < 1.29 is 4.79 Å². The maximum atomic E-state index is 12.6. The van der Waals surface area contributed by atoms with Crippen molar-refractivity contribution in [1.82, 2.24) is 9.88 Å². The van der Waals surface area contributed by atoms with Crippen LogP contribution in [0.1, 0.15) is 29.8 Å². The number of aryl methyl sites for hydroxylation is 1. The highest BCUT2D eigenvalue weighted by Crippen LogP contribution is 2.44. The Labute approximate surface area is 136 Å². The van der Waals surface area contributed by atoms with E-state index in [2.05, 4.69) is 33.4 Å². The molecule has 0 atom stereocenters. The zero-order valence-corrected chi connectivity index (χ0v) is 13.4. The quantitative estimate of drug-likeness (QED) is 0.928.